The van der Waals surface area contributed by atoms with E-state index < -0.39 is 4.92 Å². The first kappa shape index (κ1) is 12.1. The number of hydrogen-bond donors (Lipinski definition) is 2. The van der Waals surface area contributed by atoms with Crippen LogP contribution in [0.5, 0.6) is 0 Å². The summed E-state index contributed by atoms with van der Waals surface area (Å²) >= 11 is 0. The number of nitro benzene ring substituents is 1. The minimum absolute atomic E-state index is 0.0172. The van der Waals surface area contributed by atoms with E-state index >= 15 is 0 Å². The third-order valence-corrected chi connectivity index (χ3v) is 3.02. The van der Waals surface area contributed by atoms with Crippen LogP contribution >= 0.6 is 0 Å². The number of nitrogens with one attached hydrogen (secondary N) is 2. The Labute approximate surface area is 113 Å². The van der Waals surface area contributed by atoms with Crippen LogP contribution in [0.15, 0.2) is 36.7 Å². The number of aromatic amines is 1. The molecule has 0 unspecified atom stereocenters. The van der Waals surface area contributed by atoms with E-state index in [0.29, 0.717) is 17.1 Å². The second-order valence-corrected chi connectivity index (χ2v) is 4.22. The van der Waals surface area contributed by atoms with E-state index in [1.165, 1.54) is 6.07 Å². The Balaban J connectivity index is 2.14. The fourth-order valence-electron chi connectivity index (χ4n) is 2.04. The molecule has 0 aliphatic heterocycles. The van der Waals surface area contributed by atoms with E-state index in [1.54, 1.807) is 37.6 Å². The van der Waals surface area contributed by atoms with E-state index in [1.807, 2.05) is 0 Å². The van der Waals surface area contributed by atoms with E-state index in [0.717, 1.165) is 11.0 Å². The standard InChI is InChI=1S/C13H11N5O2/c1-14-10-3-2-8(6-12(10)18(19)20)13-16-9-4-5-15-7-11(9)17-13/h2-7,14H,1H3,(H,16,17). The van der Waals surface area contributed by atoms with Gasteiger partial charge in [0, 0.05) is 24.9 Å². The van der Waals surface area contributed by atoms with Gasteiger partial charge in [-0.3, -0.25) is 15.1 Å². The molecular weight excluding hydrogens is 258 g/mol. The van der Waals surface area contributed by atoms with Gasteiger partial charge in [-0.05, 0) is 18.2 Å². The van der Waals surface area contributed by atoms with E-state index in [4.69, 9.17) is 0 Å². The van der Waals surface area contributed by atoms with Crippen molar-refractivity contribution in [2.24, 2.45) is 0 Å². The molecule has 2 heterocycles. The summed E-state index contributed by atoms with van der Waals surface area (Å²) in [5.74, 6) is 0.582. The number of H-pyrrole nitrogens is 1. The number of benzene rings is 1. The van der Waals surface area contributed by atoms with Gasteiger partial charge in [-0.15, -0.1) is 0 Å². The highest BCUT2D eigenvalue weighted by Crippen LogP contribution is 2.29. The first-order valence-corrected chi connectivity index (χ1v) is 5.95. The first-order chi connectivity index (χ1) is 9.69. The zero-order valence-corrected chi connectivity index (χ0v) is 10.6. The average Bonchev–Trinajstić information content (AvgIpc) is 2.90. The summed E-state index contributed by atoms with van der Waals surface area (Å²) in [5, 5.41) is 13.9. The smallest absolute Gasteiger partial charge is 0.293 e. The number of imidazole rings is 1. The van der Waals surface area contributed by atoms with Crippen LogP contribution in [0.4, 0.5) is 11.4 Å². The number of pyridine rings is 1. The molecule has 1 aromatic carbocycles. The van der Waals surface area contributed by atoms with Gasteiger partial charge in [-0.25, -0.2) is 4.98 Å². The number of nitrogens with zero attached hydrogens (tertiary/aromatic N) is 3. The lowest BCUT2D eigenvalue weighted by atomic mass is 10.1. The minimum atomic E-state index is -0.417. The van der Waals surface area contributed by atoms with Gasteiger partial charge in [0.25, 0.3) is 5.69 Å². The van der Waals surface area contributed by atoms with Gasteiger partial charge in [0.05, 0.1) is 22.2 Å². The van der Waals surface area contributed by atoms with Crippen molar-refractivity contribution in [2.45, 2.75) is 0 Å². The fourth-order valence-corrected chi connectivity index (χ4v) is 2.04. The quantitative estimate of drug-likeness (QED) is 0.562. The molecule has 20 heavy (non-hydrogen) atoms. The molecule has 3 rings (SSSR count). The maximum atomic E-state index is 11.1. The molecule has 0 radical (unpaired) electrons. The van der Waals surface area contributed by atoms with Crippen molar-refractivity contribution in [1.82, 2.24) is 15.0 Å². The van der Waals surface area contributed by atoms with Crippen molar-refractivity contribution >= 4 is 22.4 Å². The molecule has 0 spiro atoms. The normalized spacial score (nSPS) is 10.7. The average molecular weight is 269 g/mol. The summed E-state index contributed by atoms with van der Waals surface area (Å²) in [6.45, 7) is 0. The van der Waals surface area contributed by atoms with Crippen LogP contribution in [0.2, 0.25) is 0 Å². The topological polar surface area (TPSA) is 96.7 Å². The summed E-state index contributed by atoms with van der Waals surface area (Å²) < 4.78 is 0. The lowest BCUT2D eigenvalue weighted by Crippen LogP contribution is -1.97. The maximum absolute atomic E-state index is 11.1. The molecule has 3 aromatic rings. The number of fused-ring (bicyclic) bond motifs is 1. The lowest BCUT2D eigenvalue weighted by molar-refractivity contribution is -0.383. The molecule has 0 fully saturated rings. The number of nitro groups is 1. The van der Waals surface area contributed by atoms with Crippen LogP contribution in [-0.2, 0) is 0 Å². The van der Waals surface area contributed by atoms with Crippen LogP contribution in [0.1, 0.15) is 0 Å². The van der Waals surface area contributed by atoms with Crippen molar-refractivity contribution in [1.29, 1.82) is 0 Å². The predicted octanol–water partition coefficient (Wildman–Crippen LogP) is 2.57. The van der Waals surface area contributed by atoms with Gasteiger partial charge >= 0.3 is 0 Å². The van der Waals surface area contributed by atoms with Gasteiger partial charge in [-0.1, -0.05) is 0 Å². The predicted molar refractivity (Wildman–Crippen MR) is 75.5 cm³/mol. The zero-order chi connectivity index (χ0) is 14.1. The van der Waals surface area contributed by atoms with Gasteiger partial charge in [0.2, 0.25) is 0 Å². The maximum Gasteiger partial charge on any atom is 0.293 e. The Morgan fingerprint density at radius 2 is 2.20 bits per heavy atom. The van der Waals surface area contributed by atoms with Crippen molar-refractivity contribution < 1.29 is 4.92 Å². The SMILES string of the molecule is CNc1ccc(-c2nc3ccncc3[nH]2)cc1[N+](=O)[O-]. The number of rotatable bonds is 3. The Kier molecular flexibility index (Phi) is 2.79. The summed E-state index contributed by atoms with van der Waals surface area (Å²) in [6, 6.07) is 6.73. The van der Waals surface area contributed by atoms with Gasteiger partial charge in [0.1, 0.15) is 11.5 Å². The number of aromatic nitrogens is 3. The highest BCUT2D eigenvalue weighted by molar-refractivity contribution is 5.79. The third-order valence-electron chi connectivity index (χ3n) is 3.02. The van der Waals surface area contributed by atoms with Crippen molar-refractivity contribution in [3.8, 4) is 11.4 Å². The van der Waals surface area contributed by atoms with E-state index in [9.17, 15) is 10.1 Å². The first-order valence-electron chi connectivity index (χ1n) is 5.95. The Hall–Kier alpha value is -2.96. The van der Waals surface area contributed by atoms with Crippen LogP contribution in [0.25, 0.3) is 22.4 Å². The molecule has 2 aromatic heterocycles. The third kappa shape index (κ3) is 1.95. The number of anilines is 1. The molecule has 0 saturated heterocycles. The molecule has 0 bridgehead atoms. The van der Waals surface area contributed by atoms with Crippen molar-refractivity contribution in [3.63, 3.8) is 0 Å². The highest BCUT2D eigenvalue weighted by Gasteiger charge is 2.15. The monoisotopic (exact) mass is 269 g/mol. The zero-order valence-electron chi connectivity index (χ0n) is 10.6. The summed E-state index contributed by atoms with van der Waals surface area (Å²) in [6.07, 6.45) is 3.32. The molecule has 7 nitrogen and oxygen atoms in total. The molecule has 0 saturated carbocycles. The van der Waals surface area contributed by atoms with Crippen molar-refractivity contribution in [3.05, 3.63) is 46.8 Å². The molecular formula is C13H11N5O2. The van der Waals surface area contributed by atoms with Crippen LogP contribution in [0, 0.1) is 10.1 Å². The Morgan fingerprint density at radius 3 is 2.90 bits per heavy atom. The summed E-state index contributed by atoms with van der Waals surface area (Å²) in [5.41, 5.74) is 2.71. The van der Waals surface area contributed by atoms with Gasteiger partial charge < -0.3 is 10.3 Å². The van der Waals surface area contributed by atoms with E-state index in [2.05, 4.69) is 20.3 Å². The molecule has 7 heteroatoms. The largest absolute Gasteiger partial charge is 0.383 e. The van der Waals surface area contributed by atoms with E-state index in [-0.39, 0.29) is 5.69 Å². The Morgan fingerprint density at radius 1 is 1.35 bits per heavy atom. The summed E-state index contributed by atoms with van der Waals surface area (Å²) in [7, 11) is 1.65. The lowest BCUT2D eigenvalue weighted by Gasteiger charge is -2.03. The second-order valence-electron chi connectivity index (χ2n) is 4.22. The molecule has 0 amide bonds. The second kappa shape index (κ2) is 4.61. The van der Waals surface area contributed by atoms with Gasteiger partial charge in [0.15, 0.2) is 0 Å². The van der Waals surface area contributed by atoms with Crippen LogP contribution in [0.3, 0.4) is 0 Å². The van der Waals surface area contributed by atoms with Crippen LogP contribution in [-0.4, -0.2) is 26.9 Å². The molecule has 0 aliphatic carbocycles. The fraction of sp³-hybridized carbons (Fsp3) is 0.0769. The van der Waals surface area contributed by atoms with Gasteiger partial charge in [-0.2, -0.15) is 0 Å². The highest BCUT2D eigenvalue weighted by atomic mass is 16.6. The molecule has 0 atom stereocenters. The molecule has 2 N–H and O–H groups in total. The Bertz CT molecular complexity index is 763. The van der Waals surface area contributed by atoms with Crippen LogP contribution < -0.4 is 5.32 Å². The molecule has 0 aliphatic rings. The van der Waals surface area contributed by atoms with Crippen molar-refractivity contribution in [2.75, 3.05) is 12.4 Å². The number of hydrogen-bond acceptors (Lipinski definition) is 5. The minimum Gasteiger partial charge on any atom is -0.383 e. The molecule has 100 valence electrons. The summed E-state index contributed by atoms with van der Waals surface area (Å²) in [4.78, 5) is 22.1.